The van der Waals surface area contributed by atoms with E-state index in [0.29, 0.717) is 5.88 Å². The molecule has 2 saturated heterocycles. The molecule has 1 atom stereocenters. The molecule has 16 heavy (non-hydrogen) atoms. The summed E-state index contributed by atoms with van der Waals surface area (Å²) in [7, 11) is 0. The zero-order valence-corrected chi connectivity index (χ0v) is 10.5. The van der Waals surface area contributed by atoms with Crippen LogP contribution in [0.5, 0.6) is 0 Å². The standard InChI is InChI=1S/C11H21ClN2O2/c12-9-11-10-14(5-8-16-11)2-1-13-3-6-15-7-4-13/h11H,1-10H2. The Hall–Kier alpha value is 0.130. The van der Waals surface area contributed by atoms with Crippen LogP contribution in [0.3, 0.4) is 0 Å². The maximum absolute atomic E-state index is 5.82. The molecule has 1 unspecified atom stereocenters. The lowest BCUT2D eigenvalue weighted by molar-refractivity contribution is -0.0236. The molecule has 0 bridgehead atoms. The minimum absolute atomic E-state index is 0.222. The van der Waals surface area contributed by atoms with Crippen molar-refractivity contribution in [3.63, 3.8) is 0 Å². The molecule has 2 heterocycles. The lowest BCUT2D eigenvalue weighted by Gasteiger charge is -2.34. The summed E-state index contributed by atoms with van der Waals surface area (Å²) < 4.78 is 10.9. The third-order valence-corrected chi connectivity index (χ3v) is 3.58. The van der Waals surface area contributed by atoms with E-state index in [0.717, 1.165) is 59.1 Å². The molecule has 4 nitrogen and oxygen atoms in total. The highest BCUT2D eigenvalue weighted by molar-refractivity contribution is 6.18. The molecule has 0 radical (unpaired) electrons. The number of nitrogens with zero attached hydrogens (tertiary/aromatic N) is 2. The normalized spacial score (nSPS) is 29.4. The molecule has 0 amide bonds. The van der Waals surface area contributed by atoms with Gasteiger partial charge < -0.3 is 9.47 Å². The smallest absolute Gasteiger partial charge is 0.0837 e. The zero-order valence-electron chi connectivity index (χ0n) is 9.74. The van der Waals surface area contributed by atoms with Crippen LogP contribution in [-0.2, 0) is 9.47 Å². The van der Waals surface area contributed by atoms with E-state index >= 15 is 0 Å². The summed E-state index contributed by atoms with van der Waals surface area (Å²) in [6.07, 6.45) is 0.222. The van der Waals surface area contributed by atoms with Crippen LogP contribution in [0.25, 0.3) is 0 Å². The van der Waals surface area contributed by atoms with E-state index in [1.165, 1.54) is 0 Å². The van der Waals surface area contributed by atoms with Crippen LogP contribution < -0.4 is 0 Å². The van der Waals surface area contributed by atoms with Crippen molar-refractivity contribution in [1.29, 1.82) is 0 Å². The second-order valence-corrected chi connectivity index (χ2v) is 4.71. The summed E-state index contributed by atoms with van der Waals surface area (Å²) in [6.45, 7) is 9.01. The molecule has 0 saturated carbocycles. The van der Waals surface area contributed by atoms with Gasteiger partial charge >= 0.3 is 0 Å². The molecule has 2 aliphatic rings. The van der Waals surface area contributed by atoms with Gasteiger partial charge in [-0.15, -0.1) is 11.6 Å². The summed E-state index contributed by atoms with van der Waals surface area (Å²) in [4.78, 5) is 4.92. The third-order valence-electron chi connectivity index (χ3n) is 3.23. The van der Waals surface area contributed by atoms with Gasteiger partial charge in [0.05, 0.1) is 25.9 Å². The van der Waals surface area contributed by atoms with Crippen LogP contribution in [0.2, 0.25) is 0 Å². The monoisotopic (exact) mass is 248 g/mol. The molecule has 2 fully saturated rings. The average Bonchev–Trinajstić information content (AvgIpc) is 2.38. The molecule has 0 aromatic heterocycles. The Kier molecular flexibility index (Phi) is 5.32. The lowest BCUT2D eigenvalue weighted by Crippen LogP contribution is -2.47. The highest BCUT2D eigenvalue weighted by Crippen LogP contribution is 2.07. The minimum atomic E-state index is 0.222. The van der Waals surface area contributed by atoms with Crippen molar-refractivity contribution in [2.24, 2.45) is 0 Å². The Morgan fingerprint density at radius 1 is 1.00 bits per heavy atom. The molecule has 0 aromatic carbocycles. The highest BCUT2D eigenvalue weighted by atomic mass is 35.5. The van der Waals surface area contributed by atoms with Crippen LogP contribution in [0.4, 0.5) is 0 Å². The second kappa shape index (κ2) is 6.77. The predicted molar refractivity (Wildman–Crippen MR) is 64.2 cm³/mol. The number of hydrogen-bond donors (Lipinski definition) is 0. The van der Waals surface area contributed by atoms with E-state index in [1.54, 1.807) is 0 Å². The van der Waals surface area contributed by atoms with Gasteiger partial charge in [-0.2, -0.15) is 0 Å². The number of alkyl halides is 1. The Labute approximate surface area is 102 Å². The Balaban J connectivity index is 1.64. The number of halogens is 1. The van der Waals surface area contributed by atoms with Crippen LogP contribution in [0.15, 0.2) is 0 Å². The topological polar surface area (TPSA) is 24.9 Å². The SMILES string of the molecule is ClCC1CN(CCN2CCOCC2)CCO1. The van der Waals surface area contributed by atoms with Gasteiger partial charge in [0.25, 0.3) is 0 Å². The van der Waals surface area contributed by atoms with E-state index in [-0.39, 0.29) is 6.10 Å². The van der Waals surface area contributed by atoms with Gasteiger partial charge in [-0.25, -0.2) is 0 Å². The number of ether oxygens (including phenoxy) is 2. The molecule has 2 aliphatic heterocycles. The summed E-state index contributed by atoms with van der Waals surface area (Å²) >= 11 is 5.82. The fraction of sp³-hybridized carbons (Fsp3) is 1.00. The van der Waals surface area contributed by atoms with Crippen LogP contribution in [0.1, 0.15) is 0 Å². The number of morpholine rings is 2. The second-order valence-electron chi connectivity index (χ2n) is 4.40. The molecule has 2 rings (SSSR count). The average molecular weight is 249 g/mol. The van der Waals surface area contributed by atoms with Crippen molar-refractivity contribution in [2.75, 3.05) is 65.0 Å². The maximum atomic E-state index is 5.82. The highest BCUT2D eigenvalue weighted by Gasteiger charge is 2.20. The van der Waals surface area contributed by atoms with Crippen molar-refractivity contribution in [2.45, 2.75) is 6.10 Å². The van der Waals surface area contributed by atoms with Crippen molar-refractivity contribution in [1.82, 2.24) is 9.80 Å². The largest absolute Gasteiger partial charge is 0.379 e. The summed E-state index contributed by atoms with van der Waals surface area (Å²) in [5.74, 6) is 0.605. The van der Waals surface area contributed by atoms with Gasteiger partial charge in [0.1, 0.15) is 0 Å². The third kappa shape index (κ3) is 3.86. The van der Waals surface area contributed by atoms with Crippen LogP contribution in [-0.4, -0.2) is 80.9 Å². The summed E-state index contributed by atoms with van der Waals surface area (Å²) in [6, 6.07) is 0. The molecule has 0 spiro atoms. The number of hydrogen-bond acceptors (Lipinski definition) is 4. The van der Waals surface area contributed by atoms with E-state index in [2.05, 4.69) is 9.80 Å². The van der Waals surface area contributed by atoms with Gasteiger partial charge in [0.15, 0.2) is 0 Å². The first-order valence-corrected chi connectivity index (χ1v) is 6.62. The van der Waals surface area contributed by atoms with Crippen molar-refractivity contribution < 1.29 is 9.47 Å². The van der Waals surface area contributed by atoms with E-state index in [1.807, 2.05) is 0 Å². The van der Waals surface area contributed by atoms with Gasteiger partial charge in [0.2, 0.25) is 0 Å². The van der Waals surface area contributed by atoms with Crippen molar-refractivity contribution >= 4 is 11.6 Å². The fourth-order valence-electron chi connectivity index (χ4n) is 2.18. The van der Waals surface area contributed by atoms with Gasteiger partial charge in [-0.1, -0.05) is 0 Å². The molecule has 0 N–H and O–H groups in total. The van der Waals surface area contributed by atoms with Crippen molar-refractivity contribution in [3.8, 4) is 0 Å². The summed E-state index contributed by atoms with van der Waals surface area (Å²) in [5.41, 5.74) is 0. The van der Waals surface area contributed by atoms with E-state index in [4.69, 9.17) is 21.1 Å². The molecule has 0 aliphatic carbocycles. The lowest BCUT2D eigenvalue weighted by atomic mass is 10.3. The zero-order chi connectivity index (χ0) is 11.2. The predicted octanol–water partition coefficient (Wildman–Crippen LogP) is 0.258. The summed E-state index contributed by atoms with van der Waals surface area (Å²) in [5, 5.41) is 0. The van der Waals surface area contributed by atoms with E-state index < -0.39 is 0 Å². The minimum Gasteiger partial charge on any atom is -0.379 e. The van der Waals surface area contributed by atoms with Gasteiger partial charge in [-0.05, 0) is 0 Å². The van der Waals surface area contributed by atoms with Crippen molar-refractivity contribution in [3.05, 3.63) is 0 Å². The molecular weight excluding hydrogens is 228 g/mol. The first kappa shape index (κ1) is 12.6. The molecule has 5 heteroatoms. The van der Waals surface area contributed by atoms with Gasteiger partial charge in [0, 0.05) is 45.1 Å². The van der Waals surface area contributed by atoms with Crippen LogP contribution >= 0.6 is 11.6 Å². The Morgan fingerprint density at radius 3 is 2.44 bits per heavy atom. The quantitative estimate of drug-likeness (QED) is 0.667. The first-order chi connectivity index (χ1) is 7.88. The first-order valence-electron chi connectivity index (χ1n) is 6.08. The molecular formula is C11H21ClN2O2. The fourth-order valence-corrected chi connectivity index (χ4v) is 2.37. The number of rotatable bonds is 4. The maximum Gasteiger partial charge on any atom is 0.0837 e. The van der Waals surface area contributed by atoms with Gasteiger partial charge in [-0.3, -0.25) is 9.80 Å². The Bertz CT molecular complexity index is 200. The molecule has 0 aromatic rings. The Morgan fingerprint density at radius 2 is 1.69 bits per heavy atom. The molecule has 94 valence electrons. The van der Waals surface area contributed by atoms with Crippen LogP contribution in [0, 0.1) is 0 Å². The van der Waals surface area contributed by atoms with E-state index in [9.17, 15) is 0 Å².